The lowest BCUT2D eigenvalue weighted by atomic mass is 9.80. The van der Waals surface area contributed by atoms with Crippen molar-refractivity contribution in [3.8, 4) is 0 Å². The molecule has 0 spiro atoms. The molecule has 0 bridgehead atoms. The van der Waals surface area contributed by atoms with E-state index in [2.05, 4.69) is 0 Å². The number of carbonyl (C=O) groups is 5. The van der Waals surface area contributed by atoms with E-state index >= 15 is 0 Å². The van der Waals surface area contributed by atoms with Gasteiger partial charge in [0.05, 0.1) is 35.0 Å². The standard InChI is InChI=1S/C26H30O11/c1-2-3-4-5-7-15(27)20-18-13(23(31)36-25(18)33)10-12(21(29)16-8-6-9-17(28)35-16)11-14-19(22(20)30)26(34)37-24(14)32/h6,9,12,15-16,20-22,27,29-30H,2-5,7-8,10-11H2,1H3/t12-,15?,16?,20+,21-,22-/m1/s1. The van der Waals surface area contributed by atoms with E-state index in [1.807, 2.05) is 6.92 Å². The zero-order chi connectivity index (χ0) is 26.9. The third kappa shape index (κ3) is 5.29. The SMILES string of the molecule is CCCCCCC(O)[C@H]1C2=C(C[C@@H]([C@@H](O)C3CC=CC(=O)O3)CC3=C(C(=O)OC3=O)[C@H]1O)C(=O)OC2=O. The summed E-state index contributed by atoms with van der Waals surface area (Å²) >= 11 is 0. The van der Waals surface area contributed by atoms with E-state index in [4.69, 9.17) is 14.2 Å². The molecule has 0 radical (unpaired) electrons. The van der Waals surface area contributed by atoms with Gasteiger partial charge in [0.25, 0.3) is 0 Å². The van der Waals surface area contributed by atoms with E-state index in [9.17, 15) is 39.3 Å². The smallest absolute Gasteiger partial charge is 0.345 e. The molecule has 0 aromatic rings. The van der Waals surface area contributed by atoms with Gasteiger partial charge in [-0.25, -0.2) is 24.0 Å². The Morgan fingerprint density at radius 1 is 0.892 bits per heavy atom. The van der Waals surface area contributed by atoms with Crippen molar-refractivity contribution in [2.45, 2.75) is 82.7 Å². The van der Waals surface area contributed by atoms with Crippen molar-refractivity contribution < 1.29 is 53.5 Å². The summed E-state index contributed by atoms with van der Waals surface area (Å²) in [7, 11) is 0. The first-order valence-corrected chi connectivity index (χ1v) is 12.5. The summed E-state index contributed by atoms with van der Waals surface area (Å²) in [5, 5.41) is 33.6. The number of unbranched alkanes of at least 4 members (excludes halogenated alkanes) is 3. The monoisotopic (exact) mass is 518 g/mol. The first kappa shape index (κ1) is 26.9. The van der Waals surface area contributed by atoms with Gasteiger partial charge < -0.3 is 29.5 Å². The lowest BCUT2D eigenvalue weighted by Crippen LogP contribution is -2.39. The minimum absolute atomic E-state index is 0.155. The normalized spacial score (nSPS) is 29.7. The molecule has 4 rings (SSSR count). The highest BCUT2D eigenvalue weighted by Crippen LogP contribution is 2.43. The quantitative estimate of drug-likeness (QED) is 0.179. The van der Waals surface area contributed by atoms with Gasteiger partial charge in [-0.3, -0.25) is 0 Å². The van der Waals surface area contributed by atoms with Crippen molar-refractivity contribution in [1.29, 1.82) is 0 Å². The Morgan fingerprint density at radius 3 is 2.14 bits per heavy atom. The summed E-state index contributed by atoms with van der Waals surface area (Å²) in [6, 6.07) is 0. The number of aliphatic hydroxyl groups is 3. The highest BCUT2D eigenvalue weighted by atomic mass is 16.6. The maximum absolute atomic E-state index is 12.8. The van der Waals surface area contributed by atoms with Crippen LogP contribution in [0.5, 0.6) is 0 Å². The molecular weight excluding hydrogens is 488 g/mol. The number of hydrogen-bond acceptors (Lipinski definition) is 11. The van der Waals surface area contributed by atoms with Crippen LogP contribution in [0.2, 0.25) is 0 Å². The van der Waals surface area contributed by atoms with Crippen LogP contribution in [0.15, 0.2) is 34.4 Å². The van der Waals surface area contributed by atoms with Crippen molar-refractivity contribution in [3.05, 3.63) is 34.4 Å². The molecule has 1 aliphatic carbocycles. The molecule has 200 valence electrons. The van der Waals surface area contributed by atoms with Crippen LogP contribution in [0, 0.1) is 11.8 Å². The Bertz CT molecular complexity index is 1100. The highest BCUT2D eigenvalue weighted by molar-refractivity contribution is 6.15. The summed E-state index contributed by atoms with van der Waals surface area (Å²) in [6.45, 7) is 2.02. The zero-order valence-electron chi connectivity index (χ0n) is 20.4. The van der Waals surface area contributed by atoms with Crippen LogP contribution in [0.3, 0.4) is 0 Å². The number of rotatable bonds is 8. The molecule has 2 unspecified atom stereocenters. The van der Waals surface area contributed by atoms with Crippen molar-refractivity contribution in [2.75, 3.05) is 0 Å². The number of ether oxygens (including phenoxy) is 3. The summed E-state index contributed by atoms with van der Waals surface area (Å²) in [4.78, 5) is 62.6. The van der Waals surface area contributed by atoms with Crippen molar-refractivity contribution in [3.63, 3.8) is 0 Å². The number of carbonyl (C=O) groups excluding carboxylic acids is 5. The number of cyclic esters (lactones) is 5. The van der Waals surface area contributed by atoms with Crippen LogP contribution in [-0.4, -0.2) is 69.6 Å². The van der Waals surface area contributed by atoms with Crippen LogP contribution in [0.25, 0.3) is 0 Å². The molecule has 6 atom stereocenters. The van der Waals surface area contributed by atoms with Crippen LogP contribution in [0.1, 0.15) is 58.3 Å². The third-order valence-electron chi connectivity index (χ3n) is 7.38. The molecule has 3 N–H and O–H groups in total. The summed E-state index contributed by atoms with van der Waals surface area (Å²) < 4.78 is 14.8. The van der Waals surface area contributed by atoms with Crippen LogP contribution in [0.4, 0.5) is 0 Å². The zero-order valence-corrected chi connectivity index (χ0v) is 20.4. The van der Waals surface area contributed by atoms with E-state index in [-0.39, 0.29) is 42.4 Å². The van der Waals surface area contributed by atoms with Gasteiger partial charge in [0.1, 0.15) is 6.10 Å². The fraction of sp³-hybridized carbons (Fsp3) is 0.577. The molecular formula is C26H30O11. The van der Waals surface area contributed by atoms with Gasteiger partial charge in [-0.2, -0.15) is 0 Å². The second-order valence-corrected chi connectivity index (χ2v) is 9.80. The second-order valence-electron chi connectivity index (χ2n) is 9.80. The largest absolute Gasteiger partial charge is 0.456 e. The molecule has 0 aromatic heterocycles. The van der Waals surface area contributed by atoms with Gasteiger partial charge in [-0.05, 0) is 25.2 Å². The second kappa shape index (κ2) is 11.1. The summed E-state index contributed by atoms with van der Waals surface area (Å²) in [6.07, 6.45) is 0.0132. The Balaban J connectivity index is 1.78. The fourth-order valence-corrected chi connectivity index (χ4v) is 5.48. The van der Waals surface area contributed by atoms with E-state index < -0.39 is 71.7 Å². The summed E-state index contributed by atoms with van der Waals surface area (Å²) in [5.74, 6) is -7.33. The Kier molecular flexibility index (Phi) is 8.05. The summed E-state index contributed by atoms with van der Waals surface area (Å²) in [5.41, 5.74) is -1.10. The lowest BCUT2D eigenvalue weighted by molar-refractivity contribution is -0.154. The van der Waals surface area contributed by atoms with Crippen LogP contribution < -0.4 is 0 Å². The molecule has 11 heteroatoms. The highest BCUT2D eigenvalue weighted by Gasteiger charge is 2.51. The third-order valence-corrected chi connectivity index (χ3v) is 7.38. The van der Waals surface area contributed by atoms with Gasteiger partial charge in [0.15, 0.2) is 0 Å². The molecule has 4 aliphatic rings. The molecule has 0 saturated heterocycles. The Labute approximate surface area is 212 Å². The molecule has 0 aromatic carbocycles. The van der Waals surface area contributed by atoms with Gasteiger partial charge >= 0.3 is 29.8 Å². The van der Waals surface area contributed by atoms with E-state index in [0.717, 1.165) is 19.3 Å². The van der Waals surface area contributed by atoms with Gasteiger partial charge in [0.2, 0.25) is 0 Å². The van der Waals surface area contributed by atoms with Crippen LogP contribution >= 0.6 is 0 Å². The predicted octanol–water partition coefficient (Wildman–Crippen LogP) is 0.697. The minimum Gasteiger partial charge on any atom is -0.456 e. The lowest BCUT2D eigenvalue weighted by Gasteiger charge is -2.30. The Hall–Kier alpha value is -3.15. The Morgan fingerprint density at radius 2 is 1.51 bits per heavy atom. The number of esters is 5. The molecule has 3 heterocycles. The van der Waals surface area contributed by atoms with Crippen molar-refractivity contribution in [2.24, 2.45) is 11.8 Å². The maximum atomic E-state index is 12.8. The van der Waals surface area contributed by atoms with Crippen molar-refractivity contribution in [1.82, 2.24) is 0 Å². The molecule has 0 fully saturated rings. The number of aliphatic hydroxyl groups excluding tert-OH is 3. The first-order chi connectivity index (χ1) is 17.6. The van der Waals surface area contributed by atoms with Gasteiger partial charge in [-0.1, -0.05) is 38.7 Å². The molecule has 0 amide bonds. The van der Waals surface area contributed by atoms with Gasteiger partial charge in [0, 0.05) is 24.0 Å². The van der Waals surface area contributed by atoms with Crippen LogP contribution in [-0.2, 0) is 38.2 Å². The predicted molar refractivity (Wildman–Crippen MR) is 123 cm³/mol. The molecule has 3 aliphatic heterocycles. The average molecular weight is 519 g/mol. The minimum atomic E-state index is -1.84. The average Bonchev–Trinajstić information content (AvgIpc) is 3.30. The van der Waals surface area contributed by atoms with Crippen molar-refractivity contribution >= 4 is 29.8 Å². The van der Waals surface area contributed by atoms with E-state index in [0.29, 0.717) is 6.42 Å². The van der Waals surface area contributed by atoms with E-state index in [1.165, 1.54) is 12.2 Å². The number of hydrogen-bond donors (Lipinski definition) is 3. The molecule has 0 saturated carbocycles. The first-order valence-electron chi connectivity index (χ1n) is 12.5. The van der Waals surface area contributed by atoms with Gasteiger partial charge in [-0.15, -0.1) is 0 Å². The van der Waals surface area contributed by atoms with E-state index in [1.54, 1.807) is 0 Å². The molecule has 37 heavy (non-hydrogen) atoms. The fourth-order valence-electron chi connectivity index (χ4n) is 5.48. The molecule has 11 nitrogen and oxygen atoms in total. The maximum Gasteiger partial charge on any atom is 0.345 e. The topological polar surface area (TPSA) is 174 Å².